The van der Waals surface area contributed by atoms with E-state index in [0.29, 0.717) is 36.5 Å². The number of carbonyl (C=O) groups is 2. The van der Waals surface area contributed by atoms with Gasteiger partial charge in [0, 0.05) is 24.2 Å². The fourth-order valence-corrected chi connectivity index (χ4v) is 4.50. The highest BCUT2D eigenvalue weighted by Crippen LogP contribution is 2.25. The molecule has 0 aliphatic carbocycles. The molecule has 1 fully saturated rings. The van der Waals surface area contributed by atoms with E-state index in [1.165, 1.54) is 4.31 Å². The van der Waals surface area contributed by atoms with Crippen LogP contribution in [0.2, 0.25) is 5.02 Å². The van der Waals surface area contributed by atoms with E-state index in [9.17, 15) is 18.0 Å². The smallest absolute Gasteiger partial charge is 0.312 e. The number of nitrogens with zero attached hydrogens (tertiary/aromatic N) is 1. The van der Waals surface area contributed by atoms with Crippen LogP contribution >= 0.6 is 11.6 Å². The lowest BCUT2D eigenvalue weighted by molar-refractivity contribution is -0.122. The van der Waals surface area contributed by atoms with Gasteiger partial charge in [0.05, 0.1) is 18.2 Å². The molecule has 1 aromatic rings. The van der Waals surface area contributed by atoms with Crippen molar-refractivity contribution in [1.82, 2.24) is 14.9 Å². The Bertz CT molecular complexity index is 779. The van der Waals surface area contributed by atoms with Crippen LogP contribution in [0.15, 0.2) is 24.3 Å². The maximum Gasteiger partial charge on any atom is 0.312 e. The lowest BCUT2D eigenvalue weighted by atomic mass is 10.0. The van der Waals surface area contributed by atoms with Crippen molar-refractivity contribution in [3.8, 4) is 0 Å². The van der Waals surface area contributed by atoms with E-state index in [4.69, 9.17) is 17.3 Å². The maximum absolute atomic E-state index is 12.4. The fourth-order valence-electron chi connectivity index (χ4n) is 3.10. The van der Waals surface area contributed by atoms with Crippen LogP contribution in [0.1, 0.15) is 37.8 Å². The third-order valence-corrected chi connectivity index (χ3v) is 6.79. The summed E-state index contributed by atoms with van der Waals surface area (Å²) in [5.41, 5.74) is 5.83. The van der Waals surface area contributed by atoms with E-state index in [1.54, 1.807) is 31.2 Å². The normalized spacial score (nSPS) is 17.3. The van der Waals surface area contributed by atoms with Gasteiger partial charge in [0.2, 0.25) is 15.9 Å². The molecule has 0 aromatic heterocycles. The summed E-state index contributed by atoms with van der Waals surface area (Å²) < 4.78 is 25.2. The van der Waals surface area contributed by atoms with Gasteiger partial charge in [-0.1, -0.05) is 29.8 Å². The maximum atomic E-state index is 12.4. The second-order valence-corrected chi connectivity index (χ2v) is 9.09. The number of piperidine rings is 1. The Hall–Kier alpha value is -1.84. The number of nitrogens with two attached hydrogens (primary N) is 1. The van der Waals surface area contributed by atoms with Gasteiger partial charge in [-0.2, -0.15) is 0 Å². The second kappa shape index (κ2) is 9.38. The largest absolute Gasteiger partial charge is 0.353 e. The van der Waals surface area contributed by atoms with Gasteiger partial charge in [-0.25, -0.2) is 17.5 Å². The number of amides is 3. The number of benzene rings is 1. The standard InChI is InChI=1S/C17H25ClN4O4S/c1-2-27(25,26)22-9-7-12(8-10-22)20-16(23)11-15(21-17(19)24)13-5-3-4-6-14(13)18/h3-6,12,15H,2,7-11H2,1H3,(H,20,23)(H3,19,21,24)/t15-/m0/s1. The Labute approximate surface area is 164 Å². The zero-order chi connectivity index (χ0) is 20.0. The van der Waals surface area contributed by atoms with Crippen molar-refractivity contribution in [2.24, 2.45) is 5.73 Å². The van der Waals surface area contributed by atoms with Crippen LogP contribution in [0.25, 0.3) is 0 Å². The molecule has 1 atom stereocenters. The fraction of sp³-hybridized carbons (Fsp3) is 0.529. The number of sulfonamides is 1. The minimum absolute atomic E-state index is 0.0137. The monoisotopic (exact) mass is 416 g/mol. The van der Waals surface area contributed by atoms with Crippen LogP contribution in [0.4, 0.5) is 4.79 Å². The van der Waals surface area contributed by atoms with Crippen LogP contribution in [0.3, 0.4) is 0 Å². The molecule has 0 saturated carbocycles. The molecule has 1 heterocycles. The van der Waals surface area contributed by atoms with Crippen molar-refractivity contribution in [3.63, 3.8) is 0 Å². The highest BCUT2D eigenvalue weighted by molar-refractivity contribution is 7.89. The van der Waals surface area contributed by atoms with Gasteiger partial charge in [0.25, 0.3) is 0 Å². The lowest BCUT2D eigenvalue weighted by Crippen LogP contribution is -2.47. The van der Waals surface area contributed by atoms with E-state index < -0.39 is 22.1 Å². The molecule has 1 aliphatic heterocycles. The number of primary amides is 1. The first kappa shape index (κ1) is 21.5. The highest BCUT2D eigenvalue weighted by Gasteiger charge is 2.28. The molecule has 0 bridgehead atoms. The molecule has 27 heavy (non-hydrogen) atoms. The number of rotatable bonds is 7. The van der Waals surface area contributed by atoms with Crippen molar-refractivity contribution in [2.75, 3.05) is 18.8 Å². The van der Waals surface area contributed by atoms with Crippen molar-refractivity contribution in [1.29, 1.82) is 0 Å². The summed E-state index contributed by atoms with van der Waals surface area (Å²) in [6, 6.07) is 5.42. The average Bonchev–Trinajstić information content (AvgIpc) is 2.61. The molecule has 3 amide bonds. The first-order chi connectivity index (χ1) is 12.7. The van der Waals surface area contributed by atoms with Gasteiger partial charge in [0.15, 0.2) is 0 Å². The number of carbonyl (C=O) groups excluding carboxylic acids is 2. The minimum atomic E-state index is -3.20. The predicted octanol–water partition coefficient (Wildman–Crippen LogP) is 1.37. The summed E-state index contributed by atoms with van der Waals surface area (Å²) in [6.07, 6.45) is 1.08. The minimum Gasteiger partial charge on any atom is -0.353 e. The Balaban J connectivity index is 1.95. The van der Waals surface area contributed by atoms with E-state index in [2.05, 4.69) is 10.6 Å². The third-order valence-electron chi connectivity index (χ3n) is 4.56. The van der Waals surface area contributed by atoms with Gasteiger partial charge in [0.1, 0.15) is 0 Å². The number of urea groups is 1. The summed E-state index contributed by atoms with van der Waals surface area (Å²) in [4.78, 5) is 23.7. The summed E-state index contributed by atoms with van der Waals surface area (Å²) in [5.74, 6) is -0.187. The topological polar surface area (TPSA) is 122 Å². The molecule has 0 radical (unpaired) electrons. The van der Waals surface area contributed by atoms with Gasteiger partial charge < -0.3 is 16.4 Å². The summed E-state index contributed by atoms with van der Waals surface area (Å²) >= 11 is 6.16. The molecule has 8 nitrogen and oxygen atoms in total. The van der Waals surface area contributed by atoms with Gasteiger partial charge >= 0.3 is 6.03 Å². The number of nitrogens with one attached hydrogen (secondary N) is 2. The summed E-state index contributed by atoms with van der Waals surface area (Å²) in [7, 11) is -3.20. The van der Waals surface area contributed by atoms with Crippen LogP contribution in [0.5, 0.6) is 0 Å². The van der Waals surface area contributed by atoms with Crippen LogP contribution in [-0.4, -0.2) is 49.5 Å². The Morgan fingerprint density at radius 2 is 1.93 bits per heavy atom. The first-order valence-corrected chi connectivity index (χ1v) is 10.8. The predicted molar refractivity (Wildman–Crippen MR) is 104 cm³/mol. The van der Waals surface area contributed by atoms with Crippen LogP contribution < -0.4 is 16.4 Å². The molecule has 150 valence electrons. The van der Waals surface area contributed by atoms with E-state index in [1.807, 2.05) is 0 Å². The quantitative estimate of drug-likeness (QED) is 0.621. The molecule has 2 rings (SSSR count). The van der Waals surface area contributed by atoms with Crippen molar-refractivity contribution in [3.05, 3.63) is 34.9 Å². The molecule has 1 aromatic carbocycles. The molecular weight excluding hydrogens is 392 g/mol. The van der Waals surface area contributed by atoms with Gasteiger partial charge in [-0.05, 0) is 31.4 Å². The van der Waals surface area contributed by atoms with Gasteiger partial charge in [-0.15, -0.1) is 0 Å². The Morgan fingerprint density at radius 1 is 1.30 bits per heavy atom. The molecule has 4 N–H and O–H groups in total. The molecule has 0 spiro atoms. The zero-order valence-electron chi connectivity index (χ0n) is 15.2. The zero-order valence-corrected chi connectivity index (χ0v) is 16.7. The second-order valence-electron chi connectivity index (χ2n) is 6.43. The number of halogens is 1. The molecular formula is C17H25ClN4O4S. The van der Waals surface area contributed by atoms with Crippen LogP contribution in [-0.2, 0) is 14.8 Å². The first-order valence-electron chi connectivity index (χ1n) is 8.80. The van der Waals surface area contributed by atoms with Gasteiger partial charge in [-0.3, -0.25) is 4.79 Å². The van der Waals surface area contributed by atoms with Crippen molar-refractivity contribution >= 4 is 33.6 Å². The number of hydrogen-bond acceptors (Lipinski definition) is 4. The highest BCUT2D eigenvalue weighted by atomic mass is 35.5. The van der Waals surface area contributed by atoms with E-state index in [0.717, 1.165) is 0 Å². The summed E-state index contributed by atoms with van der Waals surface area (Å²) in [6.45, 7) is 2.38. The number of hydrogen-bond donors (Lipinski definition) is 3. The van der Waals surface area contributed by atoms with Crippen molar-refractivity contribution < 1.29 is 18.0 Å². The summed E-state index contributed by atoms with van der Waals surface area (Å²) in [5, 5.41) is 5.88. The lowest BCUT2D eigenvalue weighted by Gasteiger charge is -2.31. The molecule has 0 unspecified atom stereocenters. The average molecular weight is 417 g/mol. The molecule has 10 heteroatoms. The molecule has 1 saturated heterocycles. The Kier molecular flexibility index (Phi) is 7.46. The SMILES string of the molecule is CCS(=O)(=O)N1CCC(NC(=O)C[C@H](NC(N)=O)c2ccccc2Cl)CC1. The van der Waals surface area contributed by atoms with Crippen LogP contribution in [0, 0.1) is 0 Å². The van der Waals surface area contributed by atoms with E-state index in [-0.39, 0.29) is 24.1 Å². The third kappa shape index (κ3) is 6.08. The Morgan fingerprint density at radius 3 is 2.48 bits per heavy atom. The van der Waals surface area contributed by atoms with Crippen molar-refractivity contribution in [2.45, 2.75) is 38.3 Å². The molecule has 1 aliphatic rings. The van der Waals surface area contributed by atoms with E-state index >= 15 is 0 Å².